The summed E-state index contributed by atoms with van der Waals surface area (Å²) in [7, 11) is 1.41. The molecule has 0 aliphatic rings. The van der Waals surface area contributed by atoms with Gasteiger partial charge < -0.3 is 14.8 Å². The lowest BCUT2D eigenvalue weighted by Crippen LogP contribution is -2.03. The predicted molar refractivity (Wildman–Crippen MR) is 74.9 cm³/mol. The van der Waals surface area contributed by atoms with E-state index in [0.29, 0.717) is 0 Å². The van der Waals surface area contributed by atoms with E-state index in [4.69, 9.17) is 4.74 Å². The first kappa shape index (κ1) is 14.5. The third-order valence-corrected chi connectivity index (χ3v) is 3.31. The van der Waals surface area contributed by atoms with Crippen molar-refractivity contribution >= 4 is 16.5 Å². The molecular formula is C13H14F2N2O2S. The highest BCUT2D eigenvalue weighted by molar-refractivity contribution is 7.14. The van der Waals surface area contributed by atoms with Crippen LogP contribution in [0.25, 0.3) is 11.3 Å². The Morgan fingerprint density at radius 2 is 2.15 bits per heavy atom. The van der Waals surface area contributed by atoms with Gasteiger partial charge in [0.2, 0.25) is 0 Å². The normalized spacial score (nSPS) is 10.7. The van der Waals surface area contributed by atoms with Gasteiger partial charge >= 0.3 is 6.61 Å². The number of hydrogen-bond acceptors (Lipinski definition) is 5. The minimum absolute atomic E-state index is 0.00777. The molecule has 1 N–H and O–H groups in total. The Bertz CT molecular complexity index is 575. The first-order valence-electron chi connectivity index (χ1n) is 5.96. The van der Waals surface area contributed by atoms with Crippen LogP contribution in [-0.4, -0.2) is 25.3 Å². The fraction of sp³-hybridized carbons (Fsp3) is 0.308. The molecule has 0 radical (unpaired) electrons. The van der Waals surface area contributed by atoms with Gasteiger partial charge in [0.25, 0.3) is 0 Å². The second-order valence-corrected chi connectivity index (χ2v) is 4.67. The van der Waals surface area contributed by atoms with Crippen LogP contribution in [-0.2, 0) is 0 Å². The molecule has 1 aromatic heterocycles. The first-order chi connectivity index (χ1) is 9.63. The monoisotopic (exact) mass is 300 g/mol. The number of methoxy groups -OCH3 is 1. The number of alkyl halides is 2. The van der Waals surface area contributed by atoms with Crippen LogP contribution >= 0.6 is 11.3 Å². The van der Waals surface area contributed by atoms with Gasteiger partial charge in [0.1, 0.15) is 0 Å². The van der Waals surface area contributed by atoms with E-state index in [-0.39, 0.29) is 11.5 Å². The Morgan fingerprint density at radius 3 is 2.80 bits per heavy atom. The topological polar surface area (TPSA) is 43.4 Å². The maximum Gasteiger partial charge on any atom is 0.387 e. The van der Waals surface area contributed by atoms with Crippen molar-refractivity contribution < 1.29 is 18.3 Å². The molecule has 0 bridgehead atoms. The third-order valence-electron chi connectivity index (χ3n) is 2.51. The Hall–Kier alpha value is -1.89. The summed E-state index contributed by atoms with van der Waals surface area (Å²) in [6.07, 6.45) is 0. The van der Waals surface area contributed by atoms with Gasteiger partial charge in [-0.15, -0.1) is 11.3 Å². The van der Waals surface area contributed by atoms with Gasteiger partial charge in [0.15, 0.2) is 16.6 Å². The number of benzene rings is 1. The van der Waals surface area contributed by atoms with E-state index in [1.54, 1.807) is 12.1 Å². The molecule has 0 unspecified atom stereocenters. The summed E-state index contributed by atoms with van der Waals surface area (Å²) < 4.78 is 34.0. The van der Waals surface area contributed by atoms with E-state index in [0.717, 1.165) is 22.9 Å². The number of anilines is 1. The third kappa shape index (κ3) is 3.36. The van der Waals surface area contributed by atoms with Crippen molar-refractivity contribution in [3.63, 3.8) is 0 Å². The molecule has 0 fully saturated rings. The predicted octanol–water partition coefficient (Wildman–Crippen LogP) is 3.85. The smallest absolute Gasteiger partial charge is 0.387 e. The summed E-state index contributed by atoms with van der Waals surface area (Å²) in [5.41, 5.74) is 1.54. The van der Waals surface area contributed by atoms with Gasteiger partial charge in [-0.2, -0.15) is 8.78 Å². The Morgan fingerprint density at radius 1 is 1.35 bits per heavy atom. The van der Waals surface area contributed by atoms with E-state index in [1.807, 2.05) is 12.3 Å². The molecule has 0 atom stereocenters. The zero-order valence-corrected chi connectivity index (χ0v) is 11.8. The molecule has 0 aliphatic carbocycles. The molecule has 0 saturated carbocycles. The molecule has 0 saturated heterocycles. The molecule has 20 heavy (non-hydrogen) atoms. The Balaban J connectivity index is 2.28. The highest BCUT2D eigenvalue weighted by atomic mass is 32.1. The van der Waals surface area contributed by atoms with Crippen LogP contribution in [0.2, 0.25) is 0 Å². The highest BCUT2D eigenvalue weighted by Gasteiger charge is 2.13. The maximum absolute atomic E-state index is 12.3. The lowest BCUT2D eigenvalue weighted by Gasteiger charge is -2.10. The lowest BCUT2D eigenvalue weighted by atomic mass is 10.1. The highest BCUT2D eigenvalue weighted by Crippen LogP contribution is 2.34. The number of thiazole rings is 1. The van der Waals surface area contributed by atoms with Crippen LogP contribution in [0, 0.1) is 0 Å². The van der Waals surface area contributed by atoms with E-state index in [9.17, 15) is 8.78 Å². The summed E-state index contributed by atoms with van der Waals surface area (Å²) >= 11 is 1.48. The van der Waals surface area contributed by atoms with E-state index >= 15 is 0 Å². The van der Waals surface area contributed by atoms with E-state index in [2.05, 4.69) is 15.0 Å². The molecule has 1 heterocycles. The minimum Gasteiger partial charge on any atom is -0.493 e. The second-order valence-electron chi connectivity index (χ2n) is 3.81. The molecule has 1 aromatic carbocycles. The first-order valence-corrected chi connectivity index (χ1v) is 6.84. The number of aromatic nitrogens is 1. The van der Waals surface area contributed by atoms with E-state index < -0.39 is 6.61 Å². The largest absolute Gasteiger partial charge is 0.493 e. The molecule has 2 aromatic rings. The standard InChI is InChI=1S/C13H14F2N2O2S/c1-3-16-13-17-9(7-20-13)8-4-5-10(19-12(14)15)11(6-8)18-2/h4-7,12H,3H2,1-2H3,(H,16,17). The van der Waals surface area contributed by atoms with Crippen molar-refractivity contribution in [1.29, 1.82) is 0 Å². The summed E-state index contributed by atoms with van der Waals surface area (Å²) in [5.74, 6) is 0.259. The van der Waals surface area contributed by atoms with Crippen molar-refractivity contribution in [2.24, 2.45) is 0 Å². The summed E-state index contributed by atoms with van der Waals surface area (Å²) in [5, 5.41) is 5.82. The Kier molecular flexibility index (Phi) is 4.73. The summed E-state index contributed by atoms with van der Waals surface area (Å²) in [6.45, 7) is -0.104. The lowest BCUT2D eigenvalue weighted by molar-refractivity contribution is -0.0512. The van der Waals surface area contributed by atoms with Crippen LogP contribution in [0.5, 0.6) is 11.5 Å². The number of halogens is 2. The molecule has 0 spiro atoms. The zero-order valence-electron chi connectivity index (χ0n) is 11.0. The molecule has 0 amide bonds. The van der Waals surface area contributed by atoms with Gasteiger partial charge in [-0.25, -0.2) is 4.98 Å². The van der Waals surface area contributed by atoms with Gasteiger partial charge in [-0.3, -0.25) is 0 Å². The van der Waals surface area contributed by atoms with Gasteiger partial charge in [-0.05, 0) is 25.1 Å². The van der Waals surface area contributed by atoms with Crippen molar-refractivity contribution in [3.8, 4) is 22.8 Å². The van der Waals surface area contributed by atoms with Crippen LogP contribution in [0.15, 0.2) is 23.6 Å². The second kappa shape index (κ2) is 6.51. The number of rotatable bonds is 6. The Labute approximate surface area is 119 Å². The molecule has 108 valence electrons. The van der Waals surface area contributed by atoms with Crippen LogP contribution in [0.1, 0.15) is 6.92 Å². The van der Waals surface area contributed by atoms with Crippen LogP contribution < -0.4 is 14.8 Å². The fourth-order valence-corrected chi connectivity index (χ4v) is 2.45. The number of hydrogen-bond donors (Lipinski definition) is 1. The number of nitrogens with one attached hydrogen (secondary N) is 1. The van der Waals surface area contributed by atoms with Crippen molar-refractivity contribution in [2.75, 3.05) is 19.0 Å². The van der Waals surface area contributed by atoms with E-state index in [1.165, 1.54) is 24.5 Å². The fourth-order valence-electron chi connectivity index (χ4n) is 1.66. The zero-order chi connectivity index (χ0) is 14.5. The SMILES string of the molecule is CCNc1nc(-c2ccc(OC(F)F)c(OC)c2)cs1. The van der Waals surface area contributed by atoms with Crippen LogP contribution in [0.3, 0.4) is 0 Å². The molecule has 0 aliphatic heterocycles. The quantitative estimate of drug-likeness (QED) is 0.880. The number of nitrogens with zero attached hydrogens (tertiary/aromatic N) is 1. The summed E-state index contributed by atoms with van der Waals surface area (Å²) in [6, 6.07) is 4.75. The summed E-state index contributed by atoms with van der Waals surface area (Å²) in [4.78, 5) is 4.40. The molecule has 4 nitrogen and oxygen atoms in total. The number of ether oxygens (including phenoxy) is 2. The minimum atomic E-state index is -2.88. The van der Waals surface area contributed by atoms with Crippen molar-refractivity contribution in [2.45, 2.75) is 13.5 Å². The van der Waals surface area contributed by atoms with Crippen molar-refractivity contribution in [1.82, 2.24) is 4.98 Å². The van der Waals surface area contributed by atoms with Gasteiger partial charge in [0.05, 0.1) is 12.8 Å². The maximum atomic E-state index is 12.3. The van der Waals surface area contributed by atoms with Crippen molar-refractivity contribution in [3.05, 3.63) is 23.6 Å². The van der Waals surface area contributed by atoms with Crippen LogP contribution in [0.4, 0.5) is 13.9 Å². The van der Waals surface area contributed by atoms with Gasteiger partial charge in [-0.1, -0.05) is 0 Å². The average Bonchev–Trinajstić information content (AvgIpc) is 2.87. The molecule has 7 heteroatoms. The van der Waals surface area contributed by atoms with Gasteiger partial charge in [0, 0.05) is 17.5 Å². The average molecular weight is 300 g/mol. The molecular weight excluding hydrogens is 286 g/mol. The molecule has 2 rings (SSSR count).